The van der Waals surface area contributed by atoms with Crippen LogP contribution in [0, 0.1) is 11.8 Å². The number of hydrogen-bond donors (Lipinski definition) is 0. The van der Waals surface area contributed by atoms with E-state index in [1.54, 1.807) is 0 Å². The zero-order valence-electron chi connectivity index (χ0n) is 20.5. The number of rotatable bonds is 8. The van der Waals surface area contributed by atoms with Crippen molar-refractivity contribution in [1.29, 1.82) is 0 Å². The van der Waals surface area contributed by atoms with Crippen LogP contribution >= 0.6 is 0 Å². The number of hydrogen-bond acceptors (Lipinski definition) is 9. The molecule has 0 radical (unpaired) electrons. The molecule has 1 aromatic carbocycles. The molecule has 3 aliphatic heterocycles. The summed E-state index contributed by atoms with van der Waals surface area (Å²) in [4.78, 5) is 14.6. The zero-order valence-corrected chi connectivity index (χ0v) is 20.5. The van der Waals surface area contributed by atoms with Gasteiger partial charge in [0.25, 0.3) is 5.88 Å². The first-order valence-corrected chi connectivity index (χ1v) is 12.9. The number of carbonyl (C=O) groups excluding carboxylic acids is 1. The van der Waals surface area contributed by atoms with Gasteiger partial charge in [0.2, 0.25) is 0 Å². The Bertz CT molecular complexity index is 966. The first kappa shape index (κ1) is 24.3. The number of likely N-dealkylation sites (tertiary alicyclic amines) is 1. The van der Waals surface area contributed by atoms with Gasteiger partial charge in [-0.3, -0.25) is 9.69 Å². The van der Waals surface area contributed by atoms with Gasteiger partial charge in [-0.25, -0.2) is 0 Å². The Morgan fingerprint density at radius 1 is 1.11 bits per heavy atom. The summed E-state index contributed by atoms with van der Waals surface area (Å²) in [5.74, 6) is 1.52. The Morgan fingerprint density at radius 3 is 2.74 bits per heavy atom. The molecule has 0 bridgehead atoms. The van der Waals surface area contributed by atoms with E-state index in [0.717, 1.165) is 76.0 Å². The summed E-state index contributed by atoms with van der Waals surface area (Å²) in [5.41, 5.74) is 0.667. The summed E-state index contributed by atoms with van der Waals surface area (Å²) in [6.07, 6.45) is 5.46. The average Bonchev–Trinajstić information content (AvgIpc) is 3.31. The maximum Gasteiger partial charge on any atom is 0.310 e. The number of carbonyl (C=O) groups is 1. The highest BCUT2D eigenvalue weighted by molar-refractivity contribution is 5.88. The highest BCUT2D eigenvalue weighted by atomic mass is 16.6. The predicted octanol–water partition coefficient (Wildman–Crippen LogP) is 3.79. The molecular formula is C26H36N2O7. The Kier molecular flexibility index (Phi) is 8.06. The molecule has 0 spiro atoms. The molecule has 4 heterocycles. The molecule has 9 heteroatoms. The van der Waals surface area contributed by atoms with E-state index in [0.29, 0.717) is 37.3 Å². The van der Waals surface area contributed by atoms with Crippen LogP contribution in [-0.2, 0) is 19.0 Å². The van der Waals surface area contributed by atoms with Crippen LogP contribution in [0.2, 0.25) is 0 Å². The molecule has 3 aliphatic rings. The second kappa shape index (κ2) is 11.6. The average molecular weight is 489 g/mol. The third kappa shape index (κ3) is 6.26. The van der Waals surface area contributed by atoms with Gasteiger partial charge in [-0.15, -0.1) is 0 Å². The lowest BCUT2D eigenvalue weighted by Gasteiger charge is -2.32. The topological polar surface area (TPSA) is 92.5 Å². The van der Waals surface area contributed by atoms with Crippen LogP contribution in [0.4, 0.5) is 0 Å². The van der Waals surface area contributed by atoms with E-state index in [1.165, 1.54) is 0 Å². The van der Waals surface area contributed by atoms with Gasteiger partial charge in [-0.2, -0.15) is 0 Å². The van der Waals surface area contributed by atoms with Crippen molar-refractivity contribution in [3.05, 3.63) is 18.2 Å². The molecule has 5 rings (SSSR count). The molecule has 2 unspecified atom stereocenters. The van der Waals surface area contributed by atoms with Crippen LogP contribution in [-0.4, -0.2) is 74.5 Å². The highest BCUT2D eigenvalue weighted by Crippen LogP contribution is 2.35. The molecule has 0 amide bonds. The Labute approximate surface area is 205 Å². The minimum atomic E-state index is -0.0951. The molecule has 35 heavy (non-hydrogen) atoms. The van der Waals surface area contributed by atoms with E-state index in [-0.39, 0.29) is 24.1 Å². The van der Waals surface area contributed by atoms with Gasteiger partial charge in [0.1, 0.15) is 24.0 Å². The van der Waals surface area contributed by atoms with Crippen LogP contribution in [0.15, 0.2) is 22.7 Å². The van der Waals surface area contributed by atoms with Crippen molar-refractivity contribution in [1.82, 2.24) is 10.1 Å². The van der Waals surface area contributed by atoms with E-state index in [1.807, 2.05) is 25.1 Å². The van der Waals surface area contributed by atoms with Crippen molar-refractivity contribution in [2.75, 3.05) is 46.2 Å². The maximum atomic E-state index is 12.4. The van der Waals surface area contributed by atoms with Gasteiger partial charge in [-0.05, 0) is 55.8 Å². The summed E-state index contributed by atoms with van der Waals surface area (Å²) < 4.78 is 34.4. The van der Waals surface area contributed by atoms with Crippen molar-refractivity contribution in [3.63, 3.8) is 0 Å². The van der Waals surface area contributed by atoms with Crippen LogP contribution < -0.4 is 9.47 Å². The number of ether oxygens (including phenoxy) is 5. The standard InChI is InChI=1S/C26H36N2O7/c1-18-15-20(7-14-31-18)26(29)33-17-28-10-5-19(6-11-28)16-32-25-24-22(3-2-4-23(24)35-27-25)34-21-8-12-30-13-9-21/h2-4,18-21H,5-17H2,1H3. The molecule has 1 aromatic heterocycles. The Morgan fingerprint density at radius 2 is 1.94 bits per heavy atom. The van der Waals surface area contributed by atoms with E-state index in [9.17, 15) is 4.79 Å². The fourth-order valence-corrected chi connectivity index (χ4v) is 5.07. The van der Waals surface area contributed by atoms with Gasteiger partial charge in [-0.1, -0.05) is 6.07 Å². The molecule has 192 valence electrons. The predicted molar refractivity (Wildman–Crippen MR) is 127 cm³/mol. The minimum Gasteiger partial charge on any atom is -0.489 e. The molecule has 0 N–H and O–H groups in total. The third-order valence-electron chi connectivity index (χ3n) is 7.26. The van der Waals surface area contributed by atoms with Crippen molar-refractivity contribution in [2.24, 2.45) is 11.8 Å². The molecule has 0 aliphatic carbocycles. The number of piperidine rings is 1. The summed E-state index contributed by atoms with van der Waals surface area (Å²) >= 11 is 0. The number of benzene rings is 1. The highest BCUT2D eigenvalue weighted by Gasteiger charge is 2.28. The van der Waals surface area contributed by atoms with Crippen LogP contribution in [0.1, 0.15) is 45.4 Å². The van der Waals surface area contributed by atoms with E-state index in [2.05, 4.69) is 10.1 Å². The zero-order chi connectivity index (χ0) is 24.0. The second-order valence-corrected chi connectivity index (χ2v) is 9.91. The molecular weight excluding hydrogens is 452 g/mol. The fraction of sp³-hybridized carbons (Fsp3) is 0.692. The van der Waals surface area contributed by atoms with E-state index < -0.39 is 0 Å². The SMILES string of the molecule is CC1CC(C(=O)OCN2CCC(COc3noc4cccc(OC5CCOCC5)c34)CC2)CCO1. The van der Waals surface area contributed by atoms with Gasteiger partial charge in [0.05, 0.1) is 31.8 Å². The smallest absolute Gasteiger partial charge is 0.310 e. The minimum absolute atomic E-state index is 0.0395. The van der Waals surface area contributed by atoms with Gasteiger partial charge in [0.15, 0.2) is 5.58 Å². The lowest BCUT2D eigenvalue weighted by molar-refractivity contribution is -0.159. The largest absolute Gasteiger partial charge is 0.489 e. The van der Waals surface area contributed by atoms with Gasteiger partial charge < -0.3 is 28.2 Å². The third-order valence-corrected chi connectivity index (χ3v) is 7.26. The first-order chi connectivity index (χ1) is 17.2. The van der Waals surface area contributed by atoms with Crippen LogP contribution in [0.3, 0.4) is 0 Å². The van der Waals surface area contributed by atoms with Crippen molar-refractivity contribution in [3.8, 4) is 11.6 Å². The van der Waals surface area contributed by atoms with Crippen molar-refractivity contribution in [2.45, 2.75) is 57.7 Å². The summed E-state index contributed by atoms with van der Waals surface area (Å²) in [6, 6.07) is 5.74. The molecule has 9 nitrogen and oxygen atoms in total. The fourth-order valence-electron chi connectivity index (χ4n) is 5.07. The molecule has 2 aromatic rings. The van der Waals surface area contributed by atoms with Crippen molar-refractivity contribution < 1.29 is 33.0 Å². The monoisotopic (exact) mass is 488 g/mol. The molecule has 2 atom stereocenters. The van der Waals surface area contributed by atoms with Crippen LogP contribution in [0.25, 0.3) is 11.0 Å². The number of esters is 1. The second-order valence-electron chi connectivity index (χ2n) is 9.91. The summed E-state index contributed by atoms with van der Waals surface area (Å²) in [5, 5.41) is 4.97. The molecule has 3 fully saturated rings. The van der Waals surface area contributed by atoms with Crippen LogP contribution in [0.5, 0.6) is 11.6 Å². The summed E-state index contributed by atoms with van der Waals surface area (Å²) in [6.45, 7) is 6.77. The number of aromatic nitrogens is 1. The lowest BCUT2D eigenvalue weighted by atomic mass is 9.96. The van der Waals surface area contributed by atoms with Gasteiger partial charge in [0, 0.05) is 32.5 Å². The Balaban J connectivity index is 1.08. The maximum absolute atomic E-state index is 12.4. The van der Waals surface area contributed by atoms with E-state index in [4.69, 9.17) is 28.2 Å². The van der Waals surface area contributed by atoms with Gasteiger partial charge >= 0.3 is 5.97 Å². The molecule has 3 saturated heterocycles. The number of fused-ring (bicyclic) bond motifs is 1. The molecule has 0 saturated carbocycles. The van der Waals surface area contributed by atoms with Crippen molar-refractivity contribution >= 4 is 16.9 Å². The van der Waals surface area contributed by atoms with E-state index >= 15 is 0 Å². The normalized spacial score (nSPS) is 24.9. The summed E-state index contributed by atoms with van der Waals surface area (Å²) in [7, 11) is 0. The first-order valence-electron chi connectivity index (χ1n) is 12.9. The number of nitrogens with zero attached hydrogens (tertiary/aromatic N) is 2. The Hall–Kier alpha value is -2.36. The lowest BCUT2D eigenvalue weighted by Crippen LogP contribution is -2.39. The quantitative estimate of drug-likeness (QED) is 0.515.